The van der Waals surface area contributed by atoms with Gasteiger partial charge in [0, 0.05) is 13.2 Å². The highest BCUT2D eigenvalue weighted by molar-refractivity contribution is 5.75. The van der Waals surface area contributed by atoms with Crippen LogP contribution in [0, 0.1) is 11.3 Å². The summed E-state index contributed by atoms with van der Waals surface area (Å²) < 4.78 is 5.43. The number of carboxylic acid groups (broad SMARTS) is 1. The molecule has 16 heavy (non-hydrogen) atoms. The Morgan fingerprint density at radius 1 is 1.44 bits per heavy atom. The topological polar surface area (TPSA) is 46.5 Å². The van der Waals surface area contributed by atoms with E-state index in [1.807, 2.05) is 0 Å². The molecule has 2 unspecified atom stereocenters. The first-order valence-corrected chi connectivity index (χ1v) is 6.45. The van der Waals surface area contributed by atoms with Gasteiger partial charge in [0.15, 0.2) is 0 Å². The Kier molecular flexibility index (Phi) is 5.26. The van der Waals surface area contributed by atoms with Crippen molar-refractivity contribution in [1.29, 1.82) is 0 Å². The molecule has 1 N–H and O–H groups in total. The summed E-state index contributed by atoms with van der Waals surface area (Å²) in [5.74, 6) is -0.0224. The molecule has 0 heterocycles. The van der Waals surface area contributed by atoms with Crippen LogP contribution in [0.25, 0.3) is 0 Å². The molecule has 94 valence electrons. The molecule has 1 aliphatic rings. The average molecular weight is 228 g/mol. The molecule has 1 aliphatic carbocycles. The monoisotopic (exact) mass is 228 g/mol. The molecule has 0 bridgehead atoms. The predicted molar refractivity (Wildman–Crippen MR) is 63.4 cm³/mol. The molecule has 1 rings (SSSR count). The predicted octanol–water partition coefficient (Wildman–Crippen LogP) is 3.08. The molecule has 0 aromatic carbocycles. The molecule has 0 aromatic rings. The van der Waals surface area contributed by atoms with Gasteiger partial charge in [-0.1, -0.05) is 20.3 Å². The van der Waals surface area contributed by atoms with Crippen LogP contribution in [0.15, 0.2) is 0 Å². The van der Waals surface area contributed by atoms with Gasteiger partial charge in [-0.3, -0.25) is 4.79 Å². The molecule has 0 saturated heterocycles. The van der Waals surface area contributed by atoms with Crippen LogP contribution < -0.4 is 0 Å². The zero-order valence-electron chi connectivity index (χ0n) is 10.5. The van der Waals surface area contributed by atoms with Crippen LogP contribution >= 0.6 is 0 Å². The minimum atomic E-state index is -0.622. The van der Waals surface area contributed by atoms with Gasteiger partial charge in [0.2, 0.25) is 0 Å². The maximum atomic E-state index is 11.4. The van der Waals surface area contributed by atoms with Crippen LogP contribution in [0.1, 0.15) is 52.4 Å². The fourth-order valence-electron chi connectivity index (χ4n) is 2.63. The second kappa shape index (κ2) is 6.24. The number of aliphatic carboxylic acids is 1. The first kappa shape index (κ1) is 13.5. The number of ether oxygens (including phenoxy) is 1. The first-order chi connectivity index (χ1) is 7.64. The maximum Gasteiger partial charge on any atom is 0.309 e. The van der Waals surface area contributed by atoms with Gasteiger partial charge < -0.3 is 9.84 Å². The summed E-state index contributed by atoms with van der Waals surface area (Å²) >= 11 is 0. The van der Waals surface area contributed by atoms with Crippen molar-refractivity contribution >= 4 is 5.97 Å². The minimum Gasteiger partial charge on any atom is -0.481 e. The van der Waals surface area contributed by atoms with Gasteiger partial charge in [-0.15, -0.1) is 0 Å². The molecule has 3 heteroatoms. The molecule has 2 atom stereocenters. The number of hydrogen-bond acceptors (Lipinski definition) is 2. The van der Waals surface area contributed by atoms with Gasteiger partial charge in [-0.2, -0.15) is 0 Å². The average Bonchev–Trinajstić information content (AvgIpc) is 2.69. The summed E-state index contributed by atoms with van der Waals surface area (Å²) in [7, 11) is 0. The van der Waals surface area contributed by atoms with Crippen molar-refractivity contribution < 1.29 is 14.6 Å². The van der Waals surface area contributed by atoms with Crippen molar-refractivity contribution in [3.63, 3.8) is 0 Å². The Morgan fingerprint density at radius 2 is 2.19 bits per heavy atom. The summed E-state index contributed by atoms with van der Waals surface area (Å²) in [5.41, 5.74) is -0.492. The molecular formula is C13H24O3. The van der Waals surface area contributed by atoms with Crippen LogP contribution in [0.4, 0.5) is 0 Å². The van der Waals surface area contributed by atoms with Gasteiger partial charge >= 0.3 is 5.97 Å². The standard InChI is InChI=1S/C13H24O3/c1-3-8-16-9-7-13(12(14)15)6-5-11(4-2)10-13/h11H,3-10H2,1-2H3,(H,14,15). The third-order valence-corrected chi connectivity index (χ3v) is 3.81. The Bertz CT molecular complexity index is 227. The molecule has 0 spiro atoms. The number of carboxylic acids is 1. The molecule has 0 aromatic heterocycles. The zero-order chi connectivity index (χ0) is 12.0. The van der Waals surface area contributed by atoms with Gasteiger partial charge in [0.1, 0.15) is 0 Å². The summed E-state index contributed by atoms with van der Waals surface area (Å²) in [6, 6.07) is 0. The van der Waals surface area contributed by atoms with E-state index in [9.17, 15) is 9.90 Å². The van der Waals surface area contributed by atoms with Crippen molar-refractivity contribution in [3.05, 3.63) is 0 Å². The zero-order valence-corrected chi connectivity index (χ0v) is 10.5. The van der Waals surface area contributed by atoms with E-state index in [-0.39, 0.29) is 0 Å². The largest absolute Gasteiger partial charge is 0.481 e. The molecule has 1 fully saturated rings. The molecule has 0 amide bonds. The van der Waals surface area contributed by atoms with Gasteiger partial charge in [-0.25, -0.2) is 0 Å². The van der Waals surface area contributed by atoms with Crippen LogP contribution in [0.2, 0.25) is 0 Å². The lowest BCUT2D eigenvalue weighted by molar-refractivity contribution is -0.150. The molecular weight excluding hydrogens is 204 g/mol. The van der Waals surface area contributed by atoms with E-state index in [1.54, 1.807) is 0 Å². The van der Waals surface area contributed by atoms with E-state index in [0.717, 1.165) is 38.7 Å². The van der Waals surface area contributed by atoms with Crippen molar-refractivity contribution in [2.45, 2.75) is 52.4 Å². The van der Waals surface area contributed by atoms with Gasteiger partial charge in [-0.05, 0) is 38.0 Å². The number of carbonyl (C=O) groups is 1. The summed E-state index contributed by atoms with van der Waals surface area (Å²) in [5, 5.41) is 9.38. The van der Waals surface area contributed by atoms with Crippen molar-refractivity contribution in [2.24, 2.45) is 11.3 Å². The van der Waals surface area contributed by atoms with E-state index in [4.69, 9.17) is 4.74 Å². The van der Waals surface area contributed by atoms with E-state index < -0.39 is 11.4 Å². The second-order valence-corrected chi connectivity index (χ2v) is 4.96. The number of rotatable bonds is 7. The molecule has 3 nitrogen and oxygen atoms in total. The van der Waals surface area contributed by atoms with Crippen LogP contribution in [-0.2, 0) is 9.53 Å². The Labute approximate surface area is 98.2 Å². The Hall–Kier alpha value is -0.570. The minimum absolute atomic E-state index is 0.492. The third kappa shape index (κ3) is 3.21. The highest BCUT2D eigenvalue weighted by Crippen LogP contribution is 2.45. The van der Waals surface area contributed by atoms with E-state index in [0.29, 0.717) is 18.9 Å². The lowest BCUT2D eigenvalue weighted by Gasteiger charge is -2.24. The number of hydrogen-bond donors (Lipinski definition) is 1. The SMILES string of the molecule is CCCOCCC1(C(=O)O)CCC(CC)C1. The van der Waals surface area contributed by atoms with E-state index >= 15 is 0 Å². The highest BCUT2D eigenvalue weighted by Gasteiger charge is 2.44. The van der Waals surface area contributed by atoms with Gasteiger partial charge in [0.05, 0.1) is 5.41 Å². The second-order valence-electron chi connectivity index (χ2n) is 4.96. The lowest BCUT2D eigenvalue weighted by Crippen LogP contribution is -2.29. The van der Waals surface area contributed by atoms with E-state index in [2.05, 4.69) is 13.8 Å². The third-order valence-electron chi connectivity index (χ3n) is 3.81. The Balaban J connectivity index is 2.45. The fourth-order valence-corrected chi connectivity index (χ4v) is 2.63. The first-order valence-electron chi connectivity index (χ1n) is 6.45. The van der Waals surface area contributed by atoms with Crippen LogP contribution in [-0.4, -0.2) is 24.3 Å². The highest BCUT2D eigenvalue weighted by atomic mass is 16.5. The quantitative estimate of drug-likeness (QED) is 0.681. The molecule has 0 aliphatic heterocycles. The summed E-state index contributed by atoms with van der Waals surface area (Å²) in [6.45, 7) is 5.55. The fraction of sp³-hybridized carbons (Fsp3) is 0.923. The Morgan fingerprint density at radius 3 is 2.69 bits per heavy atom. The maximum absolute atomic E-state index is 11.4. The summed E-state index contributed by atoms with van der Waals surface area (Å²) in [6.07, 6.45) is 5.52. The lowest BCUT2D eigenvalue weighted by atomic mass is 9.82. The van der Waals surface area contributed by atoms with Crippen molar-refractivity contribution in [1.82, 2.24) is 0 Å². The molecule has 0 radical (unpaired) electrons. The van der Waals surface area contributed by atoms with Crippen molar-refractivity contribution in [3.8, 4) is 0 Å². The molecule has 1 saturated carbocycles. The smallest absolute Gasteiger partial charge is 0.309 e. The summed E-state index contributed by atoms with van der Waals surface area (Å²) in [4.78, 5) is 11.4. The van der Waals surface area contributed by atoms with Crippen LogP contribution in [0.5, 0.6) is 0 Å². The van der Waals surface area contributed by atoms with Gasteiger partial charge in [0.25, 0.3) is 0 Å². The van der Waals surface area contributed by atoms with Crippen molar-refractivity contribution in [2.75, 3.05) is 13.2 Å². The van der Waals surface area contributed by atoms with E-state index in [1.165, 1.54) is 0 Å². The van der Waals surface area contributed by atoms with Crippen LogP contribution in [0.3, 0.4) is 0 Å². The normalized spacial score (nSPS) is 29.5.